The Kier molecular flexibility index (Phi) is 5.48. The monoisotopic (exact) mass is 335 g/mol. The quantitative estimate of drug-likeness (QED) is 0.860. The van der Waals surface area contributed by atoms with Crippen LogP contribution in [0.3, 0.4) is 0 Å². The molecule has 24 heavy (non-hydrogen) atoms. The van der Waals surface area contributed by atoms with Gasteiger partial charge in [0, 0.05) is 26.7 Å². The largest absolute Gasteiger partial charge is 0.358 e. The summed E-state index contributed by atoms with van der Waals surface area (Å²) in [6, 6.07) is -0.0891. The number of rotatable bonds is 3. The lowest BCUT2D eigenvalue weighted by atomic mass is 9.79. The van der Waals surface area contributed by atoms with Crippen molar-refractivity contribution in [3.8, 4) is 0 Å². The molecule has 5 nitrogen and oxygen atoms in total. The molecule has 1 aliphatic carbocycles. The molecule has 3 rings (SSSR count). The van der Waals surface area contributed by atoms with Crippen LogP contribution in [0.15, 0.2) is 0 Å². The Labute approximate surface area is 146 Å². The molecule has 0 spiro atoms. The molecule has 0 aromatic rings. The van der Waals surface area contributed by atoms with Crippen LogP contribution in [0.5, 0.6) is 0 Å². The maximum Gasteiger partial charge on any atom is 0.240 e. The smallest absolute Gasteiger partial charge is 0.240 e. The van der Waals surface area contributed by atoms with Crippen LogP contribution < -0.4 is 5.32 Å². The zero-order valence-electron chi connectivity index (χ0n) is 15.4. The van der Waals surface area contributed by atoms with Crippen LogP contribution in [0.4, 0.5) is 0 Å². The Hall–Kier alpha value is -1.10. The molecule has 3 aliphatic rings. The molecule has 5 heteroatoms. The molecule has 3 fully saturated rings. The number of likely N-dealkylation sites (tertiary alicyclic amines) is 2. The average Bonchev–Trinajstić information content (AvgIpc) is 3.12. The van der Waals surface area contributed by atoms with Crippen molar-refractivity contribution in [1.29, 1.82) is 0 Å². The summed E-state index contributed by atoms with van der Waals surface area (Å²) >= 11 is 0. The second kappa shape index (κ2) is 7.42. The zero-order valence-corrected chi connectivity index (χ0v) is 15.4. The Morgan fingerprint density at radius 1 is 0.958 bits per heavy atom. The molecule has 0 aromatic heterocycles. The third kappa shape index (κ3) is 3.19. The molecule has 2 saturated heterocycles. The maximum atomic E-state index is 13.2. The molecular weight excluding hydrogens is 302 g/mol. The molecule has 136 valence electrons. The lowest BCUT2D eigenvalue weighted by Gasteiger charge is -2.46. The molecule has 1 saturated carbocycles. The molecule has 0 aromatic carbocycles. The van der Waals surface area contributed by atoms with Crippen molar-refractivity contribution < 1.29 is 9.59 Å². The highest BCUT2D eigenvalue weighted by atomic mass is 16.2. The molecule has 1 N–H and O–H groups in total. The summed E-state index contributed by atoms with van der Waals surface area (Å²) in [4.78, 5) is 30.3. The standard InChI is InChI=1S/C19H33N3O2/c1-15-8-13-21(14-9-15)17(23)16-7-6-12-22(16)19(18(24)20-2)10-4-3-5-11-19/h15-16H,3-14H2,1-2H3,(H,20,24). The minimum absolute atomic E-state index is 0.0891. The van der Waals surface area contributed by atoms with Gasteiger partial charge in [0.25, 0.3) is 0 Å². The van der Waals surface area contributed by atoms with Crippen LogP contribution >= 0.6 is 0 Å². The van der Waals surface area contributed by atoms with Crippen LogP contribution in [0.1, 0.15) is 64.7 Å². The number of carbonyl (C=O) groups is 2. The first-order valence-electron chi connectivity index (χ1n) is 9.86. The van der Waals surface area contributed by atoms with E-state index in [1.54, 1.807) is 7.05 Å². The van der Waals surface area contributed by atoms with Crippen molar-refractivity contribution >= 4 is 11.8 Å². The highest BCUT2D eigenvalue weighted by Gasteiger charge is 2.50. The van der Waals surface area contributed by atoms with Gasteiger partial charge in [0.05, 0.1) is 6.04 Å². The van der Waals surface area contributed by atoms with Crippen molar-refractivity contribution in [2.75, 3.05) is 26.7 Å². The fraction of sp³-hybridized carbons (Fsp3) is 0.895. The van der Waals surface area contributed by atoms with E-state index in [4.69, 9.17) is 0 Å². The van der Waals surface area contributed by atoms with Crippen molar-refractivity contribution in [3.05, 3.63) is 0 Å². The molecule has 2 aliphatic heterocycles. The van der Waals surface area contributed by atoms with Gasteiger partial charge in [0.1, 0.15) is 5.54 Å². The fourth-order valence-corrected chi connectivity index (χ4v) is 4.99. The Balaban J connectivity index is 1.78. The van der Waals surface area contributed by atoms with E-state index < -0.39 is 5.54 Å². The van der Waals surface area contributed by atoms with E-state index in [9.17, 15) is 9.59 Å². The Bertz CT molecular complexity index is 465. The van der Waals surface area contributed by atoms with Gasteiger partial charge < -0.3 is 10.2 Å². The minimum Gasteiger partial charge on any atom is -0.358 e. The summed E-state index contributed by atoms with van der Waals surface area (Å²) < 4.78 is 0. The first-order chi connectivity index (χ1) is 11.6. The topological polar surface area (TPSA) is 52.7 Å². The molecule has 2 amide bonds. The van der Waals surface area contributed by atoms with E-state index in [1.165, 1.54) is 6.42 Å². The average molecular weight is 335 g/mol. The van der Waals surface area contributed by atoms with Crippen molar-refractivity contribution in [1.82, 2.24) is 15.1 Å². The third-order valence-corrected chi connectivity index (χ3v) is 6.51. The van der Waals surface area contributed by atoms with E-state index in [2.05, 4.69) is 22.0 Å². The second-order valence-electron chi connectivity index (χ2n) is 8.03. The van der Waals surface area contributed by atoms with Crippen molar-refractivity contribution in [2.45, 2.75) is 76.3 Å². The van der Waals surface area contributed by atoms with Gasteiger partial charge in [-0.15, -0.1) is 0 Å². The van der Waals surface area contributed by atoms with Gasteiger partial charge in [-0.2, -0.15) is 0 Å². The summed E-state index contributed by atoms with van der Waals surface area (Å²) in [5.74, 6) is 1.12. The van der Waals surface area contributed by atoms with Gasteiger partial charge in [-0.3, -0.25) is 14.5 Å². The van der Waals surface area contributed by atoms with Gasteiger partial charge in [-0.1, -0.05) is 26.2 Å². The predicted molar refractivity (Wildman–Crippen MR) is 94.6 cm³/mol. The van der Waals surface area contributed by atoms with E-state index in [1.807, 2.05) is 0 Å². The number of nitrogens with zero attached hydrogens (tertiary/aromatic N) is 2. The van der Waals surface area contributed by atoms with Crippen LogP contribution in [0, 0.1) is 5.92 Å². The summed E-state index contributed by atoms with van der Waals surface area (Å²) in [5.41, 5.74) is -0.451. The van der Waals surface area contributed by atoms with Crippen molar-refractivity contribution in [3.63, 3.8) is 0 Å². The summed E-state index contributed by atoms with van der Waals surface area (Å²) in [7, 11) is 1.73. The molecule has 1 atom stereocenters. The van der Waals surface area contributed by atoms with Gasteiger partial charge in [-0.25, -0.2) is 0 Å². The van der Waals surface area contributed by atoms with Gasteiger partial charge >= 0.3 is 0 Å². The van der Waals surface area contributed by atoms with Crippen LogP contribution in [-0.2, 0) is 9.59 Å². The first kappa shape index (κ1) is 17.7. The first-order valence-corrected chi connectivity index (χ1v) is 9.86. The third-order valence-electron chi connectivity index (χ3n) is 6.51. The number of amides is 2. The highest BCUT2D eigenvalue weighted by molar-refractivity contribution is 5.88. The molecule has 1 unspecified atom stereocenters. The number of hydrogen-bond donors (Lipinski definition) is 1. The molecular formula is C19H33N3O2. The summed E-state index contributed by atoms with van der Waals surface area (Å²) in [6.07, 6.45) is 9.33. The lowest BCUT2D eigenvalue weighted by Crippen LogP contribution is -2.63. The van der Waals surface area contributed by atoms with Crippen LogP contribution in [-0.4, -0.2) is 59.9 Å². The minimum atomic E-state index is -0.451. The predicted octanol–water partition coefficient (Wildman–Crippen LogP) is 2.16. The van der Waals surface area contributed by atoms with Crippen molar-refractivity contribution in [2.24, 2.45) is 5.92 Å². The van der Waals surface area contributed by atoms with Crippen LogP contribution in [0.2, 0.25) is 0 Å². The summed E-state index contributed by atoms with van der Waals surface area (Å²) in [6.45, 7) is 4.93. The number of likely N-dealkylation sites (N-methyl/N-ethyl adjacent to an activating group) is 1. The Morgan fingerprint density at radius 2 is 1.62 bits per heavy atom. The summed E-state index contributed by atoms with van der Waals surface area (Å²) in [5, 5.41) is 2.89. The number of hydrogen-bond acceptors (Lipinski definition) is 3. The SMILES string of the molecule is CNC(=O)C1(N2CCCC2C(=O)N2CCC(C)CC2)CCCCC1. The van der Waals surface area contributed by atoms with E-state index in [-0.39, 0.29) is 17.9 Å². The second-order valence-corrected chi connectivity index (χ2v) is 8.03. The lowest BCUT2D eigenvalue weighted by molar-refractivity contribution is -0.146. The maximum absolute atomic E-state index is 13.2. The van der Waals surface area contributed by atoms with E-state index in [0.29, 0.717) is 0 Å². The Morgan fingerprint density at radius 3 is 2.25 bits per heavy atom. The van der Waals surface area contributed by atoms with Gasteiger partial charge in [0.2, 0.25) is 11.8 Å². The van der Waals surface area contributed by atoms with E-state index in [0.717, 1.165) is 76.9 Å². The van der Waals surface area contributed by atoms with E-state index >= 15 is 0 Å². The normalized spacial score (nSPS) is 28.8. The number of nitrogens with one attached hydrogen (secondary N) is 1. The van der Waals surface area contributed by atoms with Gasteiger partial charge in [-0.05, 0) is 44.4 Å². The molecule has 0 bridgehead atoms. The molecule has 0 radical (unpaired) electrons. The zero-order chi connectivity index (χ0) is 17.2. The molecule has 2 heterocycles. The van der Waals surface area contributed by atoms with Gasteiger partial charge in [0.15, 0.2) is 0 Å². The number of carbonyl (C=O) groups excluding carboxylic acids is 2. The highest BCUT2D eigenvalue weighted by Crippen LogP contribution is 2.39. The number of piperidine rings is 1. The fourth-order valence-electron chi connectivity index (χ4n) is 4.99. The van der Waals surface area contributed by atoms with Crippen LogP contribution in [0.25, 0.3) is 0 Å².